The van der Waals surface area contributed by atoms with Crippen molar-refractivity contribution in [1.29, 1.82) is 0 Å². The van der Waals surface area contributed by atoms with E-state index < -0.39 is 6.36 Å². The van der Waals surface area contributed by atoms with Gasteiger partial charge in [-0.05, 0) is 70.1 Å². The first kappa shape index (κ1) is 16.9. The third kappa shape index (κ3) is 5.09. The van der Waals surface area contributed by atoms with Gasteiger partial charge in [-0.25, -0.2) is 0 Å². The predicted octanol–water partition coefficient (Wildman–Crippen LogP) is 3.75. The number of rotatable bonds is 5. The number of anilines is 1. The largest absolute Gasteiger partial charge is 0.573 e. The maximum atomic E-state index is 12.2. The Morgan fingerprint density at radius 2 is 1.77 bits per heavy atom. The smallest absolute Gasteiger partial charge is 0.406 e. The van der Waals surface area contributed by atoms with Crippen molar-refractivity contribution in [3.05, 3.63) is 24.3 Å². The second kappa shape index (κ2) is 7.22. The number of nitrogens with zero attached hydrogens (tertiary/aromatic N) is 2. The first-order valence-electron chi connectivity index (χ1n) is 7.66. The topological polar surface area (TPSA) is 15.7 Å². The predicted molar refractivity (Wildman–Crippen MR) is 81.2 cm³/mol. The summed E-state index contributed by atoms with van der Waals surface area (Å²) in [6, 6.07) is 6.14. The number of likely N-dealkylation sites (tertiary alicyclic amines) is 1. The van der Waals surface area contributed by atoms with E-state index in [1.165, 1.54) is 25.0 Å². The van der Waals surface area contributed by atoms with Crippen molar-refractivity contribution in [1.82, 2.24) is 4.90 Å². The molecule has 124 valence electrons. The molecule has 1 heterocycles. The molecule has 1 aliphatic rings. The Kier molecular flexibility index (Phi) is 5.56. The van der Waals surface area contributed by atoms with Crippen molar-refractivity contribution in [2.24, 2.45) is 5.92 Å². The SMILES string of the molecule is CCN(CC1CCN(C)CC1)c1ccc(OC(F)(F)F)cc1. The summed E-state index contributed by atoms with van der Waals surface area (Å²) in [5.41, 5.74) is 0.941. The van der Waals surface area contributed by atoms with Gasteiger partial charge in [-0.3, -0.25) is 0 Å². The summed E-state index contributed by atoms with van der Waals surface area (Å²) in [5.74, 6) is 0.467. The lowest BCUT2D eigenvalue weighted by atomic mass is 9.96. The highest BCUT2D eigenvalue weighted by Gasteiger charge is 2.31. The van der Waals surface area contributed by atoms with E-state index in [0.717, 1.165) is 31.9 Å². The molecule has 0 bridgehead atoms. The van der Waals surface area contributed by atoms with Crippen LogP contribution in [0.2, 0.25) is 0 Å². The van der Waals surface area contributed by atoms with Crippen LogP contribution in [0.3, 0.4) is 0 Å². The van der Waals surface area contributed by atoms with Gasteiger partial charge in [-0.2, -0.15) is 0 Å². The van der Waals surface area contributed by atoms with Gasteiger partial charge in [0.05, 0.1) is 0 Å². The van der Waals surface area contributed by atoms with Gasteiger partial charge in [0.1, 0.15) is 5.75 Å². The summed E-state index contributed by atoms with van der Waals surface area (Å²) in [7, 11) is 2.13. The standard InChI is InChI=1S/C16H23F3N2O/c1-3-21(12-13-8-10-20(2)11-9-13)14-4-6-15(7-5-14)22-16(17,18)19/h4-7,13H,3,8-12H2,1-2H3. The second-order valence-corrected chi connectivity index (χ2v) is 5.83. The quantitative estimate of drug-likeness (QED) is 0.823. The Hall–Kier alpha value is -1.43. The van der Waals surface area contributed by atoms with Crippen molar-refractivity contribution in [2.75, 3.05) is 38.1 Å². The Labute approximate surface area is 129 Å². The van der Waals surface area contributed by atoms with E-state index in [-0.39, 0.29) is 5.75 Å². The lowest BCUT2D eigenvalue weighted by molar-refractivity contribution is -0.274. The maximum Gasteiger partial charge on any atom is 0.573 e. The molecule has 0 amide bonds. The van der Waals surface area contributed by atoms with Crippen molar-refractivity contribution in [3.8, 4) is 5.75 Å². The Bertz CT molecular complexity index is 453. The molecule has 1 fully saturated rings. The molecular weight excluding hydrogens is 293 g/mol. The summed E-state index contributed by atoms with van der Waals surface area (Å²) in [6.45, 7) is 6.08. The van der Waals surface area contributed by atoms with Gasteiger partial charge in [0.25, 0.3) is 0 Å². The lowest BCUT2D eigenvalue weighted by Gasteiger charge is -2.33. The normalized spacial score (nSPS) is 17.5. The molecular formula is C16H23F3N2O. The van der Waals surface area contributed by atoms with E-state index in [1.807, 2.05) is 0 Å². The average molecular weight is 316 g/mol. The minimum atomic E-state index is -4.64. The fourth-order valence-corrected chi connectivity index (χ4v) is 2.83. The van der Waals surface area contributed by atoms with Crippen molar-refractivity contribution < 1.29 is 17.9 Å². The molecule has 1 aromatic carbocycles. The molecule has 3 nitrogen and oxygen atoms in total. The van der Waals surface area contributed by atoms with E-state index in [9.17, 15) is 13.2 Å². The molecule has 0 radical (unpaired) electrons. The molecule has 0 N–H and O–H groups in total. The number of hydrogen-bond acceptors (Lipinski definition) is 3. The first-order valence-corrected chi connectivity index (χ1v) is 7.66. The summed E-state index contributed by atoms with van der Waals surface area (Å²) in [4.78, 5) is 4.55. The third-order valence-electron chi connectivity index (χ3n) is 4.13. The van der Waals surface area contributed by atoms with Gasteiger partial charge in [0, 0.05) is 18.8 Å². The van der Waals surface area contributed by atoms with E-state index >= 15 is 0 Å². The van der Waals surface area contributed by atoms with Crippen LogP contribution in [0.1, 0.15) is 19.8 Å². The Morgan fingerprint density at radius 1 is 1.18 bits per heavy atom. The summed E-state index contributed by atoms with van der Waals surface area (Å²) < 4.78 is 40.4. The number of hydrogen-bond donors (Lipinski definition) is 0. The summed E-state index contributed by atoms with van der Waals surface area (Å²) in [5, 5.41) is 0. The van der Waals surface area contributed by atoms with Crippen LogP contribution in [0.5, 0.6) is 5.75 Å². The van der Waals surface area contributed by atoms with Gasteiger partial charge in [0.15, 0.2) is 0 Å². The van der Waals surface area contributed by atoms with Crippen LogP contribution in [0.15, 0.2) is 24.3 Å². The van der Waals surface area contributed by atoms with E-state index in [1.54, 1.807) is 12.1 Å². The molecule has 1 aliphatic heterocycles. The highest BCUT2D eigenvalue weighted by Crippen LogP contribution is 2.26. The zero-order chi connectivity index (χ0) is 16.2. The van der Waals surface area contributed by atoms with Crippen LogP contribution >= 0.6 is 0 Å². The molecule has 22 heavy (non-hydrogen) atoms. The molecule has 0 saturated carbocycles. The van der Waals surface area contributed by atoms with Gasteiger partial charge in [-0.15, -0.1) is 13.2 Å². The van der Waals surface area contributed by atoms with Crippen LogP contribution in [-0.4, -0.2) is 44.5 Å². The van der Waals surface area contributed by atoms with Crippen molar-refractivity contribution in [2.45, 2.75) is 26.1 Å². The Balaban J connectivity index is 1.95. The van der Waals surface area contributed by atoms with Gasteiger partial charge in [-0.1, -0.05) is 0 Å². The number of benzene rings is 1. The van der Waals surface area contributed by atoms with E-state index in [4.69, 9.17) is 0 Å². The number of halogens is 3. The van der Waals surface area contributed by atoms with Crippen molar-refractivity contribution in [3.63, 3.8) is 0 Å². The highest BCUT2D eigenvalue weighted by molar-refractivity contribution is 5.49. The van der Waals surface area contributed by atoms with E-state index in [0.29, 0.717) is 5.92 Å². The second-order valence-electron chi connectivity index (χ2n) is 5.83. The zero-order valence-corrected chi connectivity index (χ0v) is 13.1. The van der Waals surface area contributed by atoms with Crippen LogP contribution in [0.25, 0.3) is 0 Å². The minimum absolute atomic E-state index is 0.174. The summed E-state index contributed by atoms with van der Waals surface area (Å²) in [6.07, 6.45) is -2.30. The van der Waals surface area contributed by atoms with Crippen molar-refractivity contribution >= 4 is 5.69 Å². The fraction of sp³-hybridized carbons (Fsp3) is 0.625. The minimum Gasteiger partial charge on any atom is -0.406 e. The average Bonchev–Trinajstić information content (AvgIpc) is 2.46. The lowest BCUT2D eigenvalue weighted by Crippen LogP contribution is -2.37. The number of ether oxygens (including phenoxy) is 1. The van der Waals surface area contributed by atoms with Crippen LogP contribution < -0.4 is 9.64 Å². The first-order chi connectivity index (χ1) is 10.4. The molecule has 6 heteroatoms. The molecule has 1 aromatic rings. The van der Waals surface area contributed by atoms with Gasteiger partial charge >= 0.3 is 6.36 Å². The molecule has 2 rings (SSSR count). The maximum absolute atomic E-state index is 12.2. The highest BCUT2D eigenvalue weighted by atomic mass is 19.4. The number of piperidine rings is 1. The van der Waals surface area contributed by atoms with Gasteiger partial charge < -0.3 is 14.5 Å². The molecule has 1 saturated heterocycles. The third-order valence-corrected chi connectivity index (χ3v) is 4.13. The fourth-order valence-electron chi connectivity index (χ4n) is 2.83. The molecule has 0 aromatic heterocycles. The van der Waals surface area contributed by atoms with Crippen LogP contribution in [0.4, 0.5) is 18.9 Å². The van der Waals surface area contributed by atoms with Gasteiger partial charge in [0.2, 0.25) is 0 Å². The van der Waals surface area contributed by atoms with Crippen LogP contribution in [0, 0.1) is 5.92 Å². The zero-order valence-electron chi connectivity index (χ0n) is 13.1. The van der Waals surface area contributed by atoms with E-state index in [2.05, 4.69) is 28.5 Å². The Morgan fingerprint density at radius 3 is 2.27 bits per heavy atom. The molecule has 0 spiro atoms. The molecule has 0 aliphatic carbocycles. The summed E-state index contributed by atoms with van der Waals surface area (Å²) >= 11 is 0. The number of alkyl halides is 3. The monoisotopic (exact) mass is 316 g/mol. The van der Waals surface area contributed by atoms with Crippen LogP contribution in [-0.2, 0) is 0 Å². The molecule has 0 atom stereocenters. The molecule has 0 unspecified atom stereocenters.